The lowest BCUT2D eigenvalue weighted by atomic mass is 10.1. The number of carbonyl (C=O) groups is 1. The summed E-state index contributed by atoms with van der Waals surface area (Å²) in [6, 6.07) is 0. The van der Waals surface area contributed by atoms with E-state index < -0.39 is 14.4 Å². The molecule has 20 heavy (non-hydrogen) atoms. The Morgan fingerprint density at radius 2 is 2.00 bits per heavy atom. The highest BCUT2D eigenvalue weighted by molar-refractivity contribution is 6.74. The SMILES string of the molecule is CCC=C[C@H]1CN(C(=O)O)C[C@@H]1O[Si](C)(C)C(C)(C)C. The zero-order valence-corrected chi connectivity index (χ0v) is 14.6. The number of nitrogens with zero attached hydrogens (tertiary/aromatic N) is 1. The van der Waals surface area contributed by atoms with E-state index in [1.165, 1.54) is 4.90 Å². The second-order valence-corrected chi connectivity index (χ2v) is 11.9. The molecule has 0 aromatic carbocycles. The van der Waals surface area contributed by atoms with Crippen LogP contribution >= 0.6 is 0 Å². The van der Waals surface area contributed by atoms with Gasteiger partial charge in [0.05, 0.1) is 6.10 Å². The zero-order valence-electron chi connectivity index (χ0n) is 13.6. The molecule has 0 bridgehead atoms. The second kappa shape index (κ2) is 6.31. The van der Waals surface area contributed by atoms with Gasteiger partial charge in [0.1, 0.15) is 0 Å². The van der Waals surface area contributed by atoms with Gasteiger partial charge in [0.15, 0.2) is 8.32 Å². The van der Waals surface area contributed by atoms with Crippen molar-refractivity contribution in [3.8, 4) is 0 Å². The molecule has 0 unspecified atom stereocenters. The van der Waals surface area contributed by atoms with Crippen LogP contribution in [-0.2, 0) is 4.43 Å². The molecule has 1 saturated heterocycles. The van der Waals surface area contributed by atoms with Crippen molar-refractivity contribution in [3.05, 3.63) is 12.2 Å². The molecular formula is C15H29NO3Si. The third-order valence-electron chi connectivity index (χ3n) is 4.45. The predicted octanol–water partition coefficient (Wildman–Crippen LogP) is 3.95. The molecule has 2 atom stereocenters. The lowest BCUT2D eigenvalue weighted by molar-refractivity contribution is 0.140. The van der Waals surface area contributed by atoms with E-state index in [1.807, 2.05) is 0 Å². The average molecular weight is 299 g/mol. The standard InChI is InChI=1S/C15H29NO3Si/c1-7-8-9-12-10-16(14(17)18)11-13(12)19-20(5,6)15(2,3)4/h8-9,12-13H,7,10-11H2,1-6H3,(H,17,18)/t12-,13-/m0/s1. The van der Waals surface area contributed by atoms with Crippen LogP contribution in [0.3, 0.4) is 0 Å². The van der Waals surface area contributed by atoms with Crippen LogP contribution in [0.2, 0.25) is 18.1 Å². The molecule has 0 aromatic rings. The highest BCUT2D eigenvalue weighted by Crippen LogP contribution is 2.39. The minimum Gasteiger partial charge on any atom is -0.465 e. The van der Waals surface area contributed by atoms with Gasteiger partial charge in [0.2, 0.25) is 0 Å². The van der Waals surface area contributed by atoms with Crippen molar-refractivity contribution in [2.45, 2.75) is 58.4 Å². The summed E-state index contributed by atoms with van der Waals surface area (Å²) in [7, 11) is -1.87. The molecule has 4 nitrogen and oxygen atoms in total. The van der Waals surface area contributed by atoms with Crippen LogP contribution < -0.4 is 0 Å². The number of likely N-dealkylation sites (tertiary alicyclic amines) is 1. The minimum atomic E-state index is -1.87. The Labute approximate surface area is 123 Å². The van der Waals surface area contributed by atoms with E-state index in [1.54, 1.807) is 0 Å². The van der Waals surface area contributed by atoms with Gasteiger partial charge in [-0.2, -0.15) is 0 Å². The molecule has 0 spiro atoms. The van der Waals surface area contributed by atoms with E-state index in [4.69, 9.17) is 4.43 Å². The fraction of sp³-hybridized carbons (Fsp3) is 0.800. The fourth-order valence-corrected chi connectivity index (χ4v) is 3.49. The number of amides is 1. The van der Waals surface area contributed by atoms with Crippen LogP contribution in [0, 0.1) is 5.92 Å². The molecule has 1 fully saturated rings. The van der Waals surface area contributed by atoms with Crippen molar-refractivity contribution < 1.29 is 14.3 Å². The van der Waals surface area contributed by atoms with Gasteiger partial charge in [-0.25, -0.2) is 4.79 Å². The van der Waals surface area contributed by atoms with E-state index in [2.05, 4.69) is 52.9 Å². The molecule has 1 rings (SSSR count). The highest BCUT2D eigenvalue weighted by Gasteiger charge is 2.43. The van der Waals surface area contributed by atoms with Gasteiger partial charge in [-0.15, -0.1) is 0 Å². The second-order valence-electron chi connectivity index (χ2n) is 7.10. The van der Waals surface area contributed by atoms with Crippen molar-refractivity contribution in [1.29, 1.82) is 0 Å². The van der Waals surface area contributed by atoms with Crippen LogP contribution in [0.1, 0.15) is 34.1 Å². The molecule has 0 radical (unpaired) electrons. The monoisotopic (exact) mass is 299 g/mol. The summed E-state index contributed by atoms with van der Waals surface area (Å²) in [4.78, 5) is 12.7. The van der Waals surface area contributed by atoms with Crippen molar-refractivity contribution in [2.24, 2.45) is 5.92 Å². The molecule has 0 aromatic heterocycles. The first-order chi connectivity index (χ1) is 9.08. The third kappa shape index (κ3) is 4.09. The first-order valence-corrected chi connectivity index (χ1v) is 10.3. The van der Waals surface area contributed by atoms with Crippen molar-refractivity contribution in [3.63, 3.8) is 0 Å². The van der Waals surface area contributed by atoms with Crippen molar-refractivity contribution in [2.75, 3.05) is 13.1 Å². The molecule has 1 amide bonds. The summed E-state index contributed by atoms with van der Waals surface area (Å²) in [6.07, 6.45) is 4.35. The number of hydrogen-bond acceptors (Lipinski definition) is 2. The van der Waals surface area contributed by atoms with Gasteiger partial charge in [-0.05, 0) is 24.6 Å². The smallest absolute Gasteiger partial charge is 0.407 e. The summed E-state index contributed by atoms with van der Waals surface area (Å²) in [5.41, 5.74) is 0. The van der Waals surface area contributed by atoms with Gasteiger partial charge in [-0.1, -0.05) is 39.8 Å². The van der Waals surface area contributed by atoms with E-state index in [-0.39, 0.29) is 17.1 Å². The van der Waals surface area contributed by atoms with E-state index in [0.29, 0.717) is 13.1 Å². The average Bonchev–Trinajstić information content (AvgIpc) is 2.67. The Hall–Kier alpha value is -0.813. The lowest BCUT2D eigenvalue weighted by Crippen LogP contribution is -2.46. The summed E-state index contributed by atoms with van der Waals surface area (Å²) in [6.45, 7) is 14.2. The Balaban J connectivity index is 2.84. The Bertz CT molecular complexity index is 374. The molecule has 1 heterocycles. The molecule has 0 aliphatic carbocycles. The highest BCUT2D eigenvalue weighted by atomic mass is 28.4. The maximum atomic E-state index is 11.2. The number of hydrogen-bond donors (Lipinski definition) is 1. The molecule has 116 valence electrons. The minimum absolute atomic E-state index is 0.00482. The van der Waals surface area contributed by atoms with E-state index in [0.717, 1.165) is 6.42 Å². The van der Waals surface area contributed by atoms with Gasteiger partial charge < -0.3 is 14.4 Å². The molecule has 1 aliphatic rings. The van der Waals surface area contributed by atoms with E-state index >= 15 is 0 Å². The Morgan fingerprint density at radius 1 is 1.40 bits per heavy atom. The fourth-order valence-electron chi connectivity index (χ4n) is 2.13. The zero-order chi connectivity index (χ0) is 15.6. The first kappa shape index (κ1) is 17.2. The summed E-state index contributed by atoms with van der Waals surface area (Å²) in [5.74, 6) is 0.181. The molecule has 5 heteroatoms. The number of rotatable bonds is 4. The quantitative estimate of drug-likeness (QED) is 0.631. The van der Waals surface area contributed by atoms with E-state index in [9.17, 15) is 9.90 Å². The van der Waals surface area contributed by atoms with Crippen molar-refractivity contribution in [1.82, 2.24) is 4.90 Å². The topological polar surface area (TPSA) is 49.8 Å². The maximum absolute atomic E-state index is 11.2. The van der Waals surface area contributed by atoms with Crippen LogP contribution in [-0.4, -0.2) is 43.6 Å². The van der Waals surface area contributed by atoms with Gasteiger partial charge in [0.25, 0.3) is 0 Å². The molecule has 1 N–H and O–H groups in total. The van der Waals surface area contributed by atoms with Gasteiger partial charge >= 0.3 is 6.09 Å². The summed E-state index contributed by atoms with van der Waals surface area (Å²) >= 11 is 0. The summed E-state index contributed by atoms with van der Waals surface area (Å²) < 4.78 is 6.44. The van der Waals surface area contributed by atoms with Crippen LogP contribution in [0.5, 0.6) is 0 Å². The Morgan fingerprint density at radius 3 is 2.45 bits per heavy atom. The van der Waals surface area contributed by atoms with Crippen LogP contribution in [0.4, 0.5) is 4.79 Å². The van der Waals surface area contributed by atoms with Gasteiger partial charge in [0, 0.05) is 19.0 Å². The lowest BCUT2D eigenvalue weighted by Gasteiger charge is -2.39. The van der Waals surface area contributed by atoms with Crippen LogP contribution in [0.15, 0.2) is 12.2 Å². The van der Waals surface area contributed by atoms with Crippen molar-refractivity contribution >= 4 is 14.4 Å². The largest absolute Gasteiger partial charge is 0.465 e. The summed E-state index contributed by atoms with van der Waals surface area (Å²) in [5, 5.41) is 9.33. The number of carboxylic acid groups (broad SMARTS) is 1. The van der Waals surface area contributed by atoms with Crippen LogP contribution in [0.25, 0.3) is 0 Å². The maximum Gasteiger partial charge on any atom is 0.407 e. The predicted molar refractivity (Wildman–Crippen MR) is 84.6 cm³/mol. The molecule has 1 aliphatic heterocycles. The first-order valence-electron chi connectivity index (χ1n) is 7.41. The normalized spacial score (nSPS) is 24.6. The number of allylic oxidation sites excluding steroid dienone is 1. The molecular weight excluding hydrogens is 270 g/mol. The van der Waals surface area contributed by atoms with Gasteiger partial charge in [-0.3, -0.25) is 0 Å². The third-order valence-corrected chi connectivity index (χ3v) is 8.96. The molecule has 0 saturated carbocycles. The Kier molecular flexibility index (Phi) is 5.44.